The minimum Gasteiger partial charge on any atom is -0.462 e. The zero-order valence-corrected chi connectivity index (χ0v) is 20.8. The van der Waals surface area contributed by atoms with E-state index in [2.05, 4.69) is 5.32 Å². The lowest BCUT2D eigenvalue weighted by Crippen LogP contribution is -2.67. The van der Waals surface area contributed by atoms with Crippen molar-refractivity contribution >= 4 is 52.6 Å². The van der Waals surface area contributed by atoms with Gasteiger partial charge in [0.25, 0.3) is 9.70 Å². The fourth-order valence-corrected chi connectivity index (χ4v) is 2.62. The van der Waals surface area contributed by atoms with Crippen LogP contribution >= 0.6 is 34.8 Å². The molecule has 0 aromatic heterocycles. The molecule has 180 valence electrons. The van der Waals surface area contributed by atoms with Gasteiger partial charge in [0.15, 0.2) is 12.4 Å². The average Bonchev–Trinajstić information content (AvgIpc) is 2.60. The fraction of sp³-hybridized carbons (Fsp3) is 0.842. The van der Waals surface area contributed by atoms with E-state index >= 15 is 0 Å². The van der Waals surface area contributed by atoms with Crippen LogP contribution in [0.1, 0.15) is 41.5 Å². The SMILES string of the molecule is CO[C@@H]1O[C@H](COC(=O)C(C)(C)C)[C@H](O)[C@H](OC(=O)C(C)(C)C)[C@H]1NC(=O)C(Cl)(Cl)Cl. The molecule has 1 amide bonds. The molecule has 0 saturated carbocycles. The Labute approximate surface area is 196 Å². The molecule has 0 aromatic carbocycles. The summed E-state index contributed by atoms with van der Waals surface area (Å²) < 4.78 is 19.3. The lowest BCUT2D eigenvalue weighted by Gasteiger charge is -2.44. The molecule has 2 N–H and O–H groups in total. The number of ether oxygens (including phenoxy) is 4. The number of amides is 1. The van der Waals surface area contributed by atoms with E-state index in [1.807, 2.05) is 0 Å². The largest absolute Gasteiger partial charge is 0.462 e. The van der Waals surface area contributed by atoms with E-state index in [9.17, 15) is 19.5 Å². The summed E-state index contributed by atoms with van der Waals surface area (Å²) in [7, 11) is 1.28. The lowest BCUT2D eigenvalue weighted by molar-refractivity contribution is -0.270. The van der Waals surface area contributed by atoms with Gasteiger partial charge in [-0.3, -0.25) is 14.4 Å². The lowest BCUT2D eigenvalue weighted by atomic mass is 9.94. The van der Waals surface area contributed by atoms with E-state index in [4.69, 9.17) is 53.8 Å². The molecule has 0 radical (unpaired) electrons. The van der Waals surface area contributed by atoms with Crippen molar-refractivity contribution in [2.45, 2.75) is 76.0 Å². The zero-order valence-electron chi connectivity index (χ0n) is 18.5. The Balaban J connectivity index is 3.18. The van der Waals surface area contributed by atoms with Crippen molar-refractivity contribution in [2.75, 3.05) is 13.7 Å². The number of hydrogen-bond donors (Lipinski definition) is 2. The van der Waals surface area contributed by atoms with Crippen molar-refractivity contribution in [3.05, 3.63) is 0 Å². The number of esters is 2. The van der Waals surface area contributed by atoms with Crippen molar-refractivity contribution in [2.24, 2.45) is 10.8 Å². The molecule has 1 heterocycles. The highest BCUT2D eigenvalue weighted by atomic mass is 35.6. The third-order valence-corrected chi connectivity index (χ3v) is 4.82. The Bertz CT molecular complexity index is 669. The fourth-order valence-electron chi connectivity index (χ4n) is 2.46. The van der Waals surface area contributed by atoms with E-state index in [0.717, 1.165) is 0 Å². The molecule has 1 aliphatic rings. The summed E-state index contributed by atoms with van der Waals surface area (Å²) in [4.78, 5) is 36.8. The number of halogens is 3. The summed E-state index contributed by atoms with van der Waals surface area (Å²) in [6.07, 6.45) is -5.17. The van der Waals surface area contributed by atoms with Crippen molar-refractivity contribution < 1.29 is 38.4 Å². The second-order valence-electron chi connectivity index (χ2n) is 9.23. The van der Waals surface area contributed by atoms with Gasteiger partial charge in [0.05, 0.1) is 10.8 Å². The molecule has 0 spiro atoms. The first-order valence-corrected chi connectivity index (χ1v) is 10.6. The van der Waals surface area contributed by atoms with Gasteiger partial charge >= 0.3 is 11.9 Å². The number of carbonyl (C=O) groups excluding carboxylic acids is 3. The highest BCUT2D eigenvalue weighted by Gasteiger charge is 2.51. The van der Waals surface area contributed by atoms with Crippen molar-refractivity contribution in [1.29, 1.82) is 0 Å². The van der Waals surface area contributed by atoms with Gasteiger partial charge in [0.2, 0.25) is 0 Å². The average molecular weight is 507 g/mol. The van der Waals surface area contributed by atoms with Crippen LogP contribution in [0.4, 0.5) is 0 Å². The van der Waals surface area contributed by atoms with Crippen LogP contribution in [0.15, 0.2) is 0 Å². The molecule has 0 bridgehead atoms. The van der Waals surface area contributed by atoms with E-state index in [-0.39, 0.29) is 6.61 Å². The van der Waals surface area contributed by atoms with Crippen molar-refractivity contribution in [3.8, 4) is 0 Å². The quantitative estimate of drug-likeness (QED) is 0.430. The van der Waals surface area contributed by atoms with Crippen LogP contribution in [0.3, 0.4) is 0 Å². The van der Waals surface area contributed by atoms with Gasteiger partial charge in [-0.15, -0.1) is 0 Å². The summed E-state index contributed by atoms with van der Waals surface area (Å²) in [5, 5.41) is 13.2. The molecule has 1 rings (SSSR count). The van der Waals surface area contributed by atoms with Crippen LogP contribution in [-0.2, 0) is 33.3 Å². The predicted molar refractivity (Wildman–Crippen MR) is 114 cm³/mol. The third kappa shape index (κ3) is 7.91. The number of aliphatic hydroxyl groups is 1. The summed E-state index contributed by atoms with van der Waals surface area (Å²) in [6, 6.07) is -1.22. The van der Waals surface area contributed by atoms with Crippen LogP contribution in [0, 0.1) is 10.8 Å². The molecule has 0 aromatic rings. The highest BCUT2D eigenvalue weighted by molar-refractivity contribution is 6.76. The normalized spacial score (nSPS) is 27.4. The van der Waals surface area contributed by atoms with Crippen LogP contribution < -0.4 is 5.32 Å². The number of nitrogens with one attached hydrogen (secondary N) is 1. The van der Waals surface area contributed by atoms with Crippen LogP contribution in [0.5, 0.6) is 0 Å². The smallest absolute Gasteiger partial charge is 0.311 e. The molecule has 1 fully saturated rings. The number of hydrogen-bond acceptors (Lipinski definition) is 8. The Kier molecular flexibility index (Phi) is 9.46. The van der Waals surface area contributed by atoms with Gasteiger partial charge in [-0.05, 0) is 41.5 Å². The Morgan fingerprint density at radius 2 is 1.52 bits per heavy atom. The number of methoxy groups -OCH3 is 1. The van der Waals surface area contributed by atoms with Crippen molar-refractivity contribution in [3.63, 3.8) is 0 Å². The summed E-state index contributed by atoms with van der Waals surface area (Å²) in [6.45, 7) is 9.52. The van der Waals surface area contributed by atoms with Gasteiger partial charge in [-0.1, -0.05) is 34.8 Å². The number of aliphatic hydroxyl groups excluding tert-OH is 1. The van der Waals surface area contributed by atoms with Crippen molar-refractivity contribution in [1.82, 2.24) is 5.32 Å². The molecule has 5 atom stereocenters. The van der Waals surface area contributed by atoms with Gasteiger partial charge < -0.3 is 29.4 Å². The first kappa shape index (κ1) is 28.2. The number of carbonyl (C=O) groups is 3. The molecular formula is C19H30Cl3NO8. The highest BCUT2D eigenvalue weighted by Crippen LogP contribution is 2.31. The molecule has 0 unspecified atom stereocenters. The van der Waals surface area contributed by atoms with Gasteiger partial charge in [-0.2, -0.15) is 0 Å². The Morgan fingerprint density at radius 1 is 1.00 bits per heavy atom. The van der Waals surface area contributed by atoms with E-state index < -0.39 is 63.1 Å². The maximum atomic E-state index is 12.5. The molecular weight excluding hydrogens is 477 g/mol. The molecule has 31 heavy (non-hydrogen) atoms. The minimum absolute atomic E-state index is 0.341. The van der Waals surface area contributed by atoms with Crippen LogP contribution in [-0.4, -0.2) is 71.1 Å². The third-order valence-electron chi connectivity index (χ3n) is 4.31. The monoisotopic (exact) mass is 505 g/mol. The summed E-state index contributed by atoms with van der Waals surface area (Å²) in [5.41, 5.74) is -1.70. The molecule has 0 aliphatic carbocycles. The zero-order chi connectivity index (χ0) is 24.4. The van der Waals surface area contributed by atoms with Gasteiger partial charge in [0.1, 0.15) is 24.9 Å². The van der Waals surface area contributed by atoms with Gasteiger partial charge in [-0.25, -0.2) is 0 Å². The maximum absolute atomic E-state index is 12.5. The standard InChI is InChI=1S/C19H30Cl3NO8/c1-17(2,3)15(26)29-8-9-11(24)12(31-16(27)18(4,5)6)10(13(28-7)30-9)23-14(25)19(20,21)22/h9-13,24H,8H2,1-7H3,(H,23,25)/t9-,10-,11+,12-,13-/m1/s1. The first-order chi connectivity index (χ1) is 13.9. The van der Waals surface area contributed by atoms with Gasteiger partial charge in [0, 0.05) is 7.11 Å². The summed E-state index contributed by atoms with van der Waals surface area (Å²) >= 11 is 16.9. The molecule has 1 aliphatic heterocycles. The maximum Gasteiger partial charge on any atom is 0.311 e. The van der Waals surface area contributed by atoms with Crippen LogP contribution in [0.25, 0.3) is 0 Å². The van der Waals surface area contributed by atoms with Crippen LogP contribution in [0.2, 0.25) is 0 Å². The van der Waals surface area contributed by atoms with E-state index in [1.54, 1.807) is 41.5 Å². The Morgan fingerprint density at radius 3 is 1.94 bits per heavy atom. The number of alkyl halides is 3. The molecule has 12 heteroatoms. The van der Waals surface area contributed by atoms with E-state index in [0.29, 0.717) is 0 Å². The second kappa shape index (κ2) is 10.4. The van der Waals surface area contributed by atoms with E-state index in [1.165, 1.54) is 7.11 Å². The first-order valence-electron chi connectivity index (χ1n) is 9.52. The topological polar surface area (TPSA) is 120 Å². The Hall–Kier alpha value is -0.840. The minimum atomic E-state index is -2.32. The molecule has 9 nitrogen and oxygen atoms in total. The predicted octanol–water partition coefficient (Wildman–Crippen LogP) is 2.12. The second-order valence-corrected chi connectivity index (χ2v) is 11.5. The summed E-state index contributed by atoms with van der Waals surface area (Å²) in [5.74, 6) is -2.21. The molecule has 1 saturated heterocycles. The number of rotatable bonds is 5.